The molecule has 196 valence electrons. The smallest absolute Gasteiger partial charge is 0.243 e. The molecule has 2 aromatic rings. The molecule has 8 heteroatoms. The zero-order chi connectivity index (χ0) is 26.5. The Hall–Kier alpha value is -3.55. The topological polar surface area (TPSA) is 82.1 Å². The van der Waals surface area contributed by atoms with Crippen molar-refractivity contribution in [1.29, 1.82) is 0 Å². The number of likely N-dealkylation sites (tertiary alicyclic amines) is 2. The van der Waals surface area contributed by atoms with Gasteiger partial charge in [-0.3, -0.25) is 19.4 Å². The SMILES string of the molecule is C=NC(C)c1ccc([C@@H](NC(=O)[C@@H]2C[C@@H](F)CN2C(=O)C2CCN(C(C)=O)CC2)c2ccccc2)cc1. The van der Waals surface area contributed by atoms with E-state index in [1.807, 2.05) is 61.5 Å². The summed E-state index contributed by atoms with van der Waals surface area (Å²) < 4.78 is 14.6. The van der Waals surface area contributed by atoms with Crippen LogP contribution in [0.25, 0.3) is 0 Å². The number of alkyl halides is 1. The molecule has 0 aromatic heterocycles. The van der Waals surface area contributed by atoms with E-state index >= 15 is 0 Å². The number of carbonyl (C=O) groups is 3. The summed E-state index contributed by atoms with van der Waals surface area (Å²) in [5.41, 5.74) is 2.78. The van der Waals surface area contributed by atoms with Gasteiger partial charge in [0, 0.05) is 32.4 Å². The summed E-state index contributed by atoms with van der Waals surface area (Å²) in [6.07, 6.45) is -0.222. The highest BCUT2D eigenvalue weighted by Gasteiger charge is 2.43. The molecule has 37 heavy (non-hydrogen) atoms. The molecule has 2 aliphatic heterocycles. The minimum absolute atomic E-state index is 0.0108. The van der Waals surface area contributed by atoms with E-state index in [-0.39, 0.29) is 42.6 Å². The Bertz CT molecular complexity index is 1120. The maximum atomic E-state index is 14.6. The molecule has 2 fully saturated rings. The average molecular weight is 507 g/mol. The molecule has 2 aliphatic rings. The largest absolute Gasteiger partial charge is 0.343 e. The third-order valence-electron chi connectivity index (χ3n) is 7.57. The number of nitrogens with one attached hydrogen (secondary N) is 1. The van der Waals surface area contributed by atoms with E-state index in [9.17, 15) is 18.8 Å². The number of piperidine rings is 1. The predicted octanol–water partition coefficient (Wildman–Crippen LogP) is 3.85. The van der Waals surface area contributed by atoms with E-state index in [1.54, 1.807) is 4.90 Å². The lowest BCUT2D eigenvalue weighted by molar-refractivity contribution is -0.144. The van der Waals surface area contributed by atoms with Gasteiger partial charge in [-0.2, -0.15) is 0 Å². The highest BCUT2D eigenvalue weighted by atomic mass is 19.1. The van der Waals surface area contributed by atoms with E-state index in [1.165, 1.54) is 11.8 Å². The summed E-state index contributed by atoms with van der Waals surface area (Å²) in [7, 11) is 0. The third kappa shape index (κ3) is 6.06. The van der Waals surface area contributed by atoms with Crippen LogP contribution in [-0.4, -0.2) is 66.1 Å². The summed E-state index contributed by atoms with van der Waals surface area (Å²) in [4.78, 5) is 45.8. The van der Waals surface area contributed by atoms with Gasteiger partial charge in [0.05, 0.1) is 18.6 Å². The van der Waals surface area contributed by atoms with Gasteiger partial charge in [-0.25, -0.2) is 4.39 Å². The molecule has 2 heterocycles. The van der Waals surface area contributed by atoms with Crippen LogP contribution < -0.4 is 5.32 Å². The Morgan fingerprint density at radius 2 is 1.59 bits per heavy atom. The van der Waals surface area contributed by atoms with Gasteiger partial charge in [-0.15, -0.1) is 0 Å². The van der Waals surface area contributed by atoms with E-state index in [0.29, 0.717) is 25.9 Å². The average Bonchev–Trinajstić information content (AvgIpc) is 3.33. The quantitative estimate of drug-likeness (QED) is 0.579. The van der Waals surface area contributed by atoms with Crippen molar-refractivity contribution in [3.05, 3.63) is 71.3 Å². The molecular weight excluding hydrogens is 471 g/mol. The van der Waals surface area contributed by atoms with Crippen molar-refractivity contribution in [3.8, 4) is 0 Å². The summed E-state index contributed by atoms with van der Waals surface area (Å²) in [6.45, 7) is 8.01. The first kappa shape index (κ1) is 26.5. The highest BCUT2D eigenvalue weighted by molar-refractivity contribution is 5.90. The number of halogens is 1. The number of nitrogens with zero attached hydrogens (tertiary/aromatic N) is 3. The molecule has 2 saturated heterocycles. The molecule has 7 nitrogen and oxygen atoms in total. The standard InChI is InChI=1S/C29H35FN4O3/c1-19(31-3)21-9-11-23(12-10-21)27(22-7-5-4-6-8-22)32-28(36)26-17-25(30)18-34(26)29(37)24-13-15-33(16-14-24)20(2)35/h4-12,19,24-27H,3,13-18H2,1-2H3,(H,32,36)/t19?,25-,26+,27+/m1/s1. The lowest BCUT2D eigenvalue weighted by Crippen LogP contribution is -2.50. The highest BCUT2D eigenvalue weighted by Crippen LogP contribution is 2.29. The van der Waals surface area contributed by atoms with Gasteiger partial charge >= 0.3 is 0 Å². The van der Waals surface area contributed by atoms with Crippen LogP contribution in [0.3, 0.4) is 0 Å². The molecule has 0 saturated carbocycles. The fourth-order valence-corrected chi connectivity index (χ4v) is 5.27. The Kier molecular flexibility index (Phi) is 8.36. The molecule has 0 aliphatic carbocycles. The van der Waals surface area contributed by atoms with Crippen LogP contribution in [0.5, 0.6) is 0 Å². The molecule has 3 amide bonds. The van der Waals surface area contributed by atoms with Gasteiger partial charge < -0.3 is 15.1 Å². The Morgan fingerprint density at radius 1 is 1.00 bits per heavy atom. The Morgan fingerprint density at radius 3 is 2.19 bits per heavy atom. The van der Waals surface area contributed by atoms with Gasteiger partial charge in [-0.05, 0) is 43.2 Å². The summed E-state index contributed by atoms with van der Waals surface area (Å²) in [5, 5.41) is 3.10. The van der Waals surface area contributed by atoms with E-state index in [0.717, 1.165) is 16.7 Å². The molecular formula is C29H35FN4O3. The maximum Gasteiger partial charge on any atom is 0.243 e. The zero-order valence-electron chi connectivity index (χ0n) is 21.5. The molecule has 1 unspecified atom stereocenters. The maximum absolute atomic E-state index is 14.6. The second kappa shape index (κ2) is 11.7. The van der Waals surface area contributed by atoms with Crippen LogP contribution in [-0.2, 0) is 14.4 Å². The Balaban J connectivity index is 1.52. The van der Waals surface area contributed by atoms with Crippen LogP contribution in [0.2, 0.25) is 0 Å². The number of carbonyl (C=O) groups excluding carboxylic acids is 3. The van der Waals surface area contributed by atoms with Crippen molar-refractivity contribution in [2.24, 2.45) is 10.9 Å². The van der Waals surface area contributed by atoms with E-state index in [4.69, 9.17) is 0 Å². The van der Waals surface area contributed by atoms with Gasteiger partial charge in [0.2, 0.25) is 17.7 Å². The number of benzene rings is 2. The lowest BCUT2D eigenvalue weighted by Gasteiger charge is -2.34. The second-order valence-electron chi connectivity index (χ2n) is 10.00. The molecule has 0 radical (unpaired) electrons. The van der Waals surface area contributed by atoms with Gasteiger partial charge in [0.15, 0.2) is 0 Å². The van der Waals surface area contributed by atoms with E-state index < -0.39 is 18.3 Å². The molecule has 0 bridgehead atoms. The summed E-state index contributed by atoms with van der Waals surface area (Å²) in [6, 6.07) is 16.1. The van der Waals surface area contributed by atoms with Crippen molar-refractivity contribution < 1.29 is 18.8 Å². The summed E-state index contributed by atoms with van der Waals surface area (Å²) >= 11 is 0. The van der Waals surface area contributed by atoms with Crippen LogP contribution in [0.4, 0.5) is 4.39 Å². The van der Waals surface area contributed by atoms with Crippen molar-refractivity contribution >= 4 is 24.4 Å². The Labute approximate surface area is 217 Å². The van der Waals surface area contributed by atoms with Crippen LogP contribution in [0, 0.1) is 5.92 Å². The van der Waals surface area contributed by atoms with Gasteiger partial charge in [0.1, 0.15) is 12.2 Å². The second-order valence-corrected chi connectivity index (χ2v) is 10.00. The van der Waals surface area contributed by atoms with Crippen LogP contribution in [0.15, 0.2) is 59.6 Å². The normalized spacial score (nSPS) is 21.8. The number of aliphatic imine (C=N–C) groups is 1. The zero-order valence-corrected chi connectivity index (χ0v) is 21.5. The van der Waals surface area contributed by atoms with E-state index in [2.05, 4.69) is 17.0 Å². The monoisotopic (exact) mass is 506 g/mol. The minimum Gasteiger partial charge on any atom is -0.343 e. The minimum atomic E-state index is -1.25. The van der Waals surface area contributed by atoms with Crippen molar-refractivity contribution in [1.82, 2.24) is 15.1 Å². The number of amides is 3. The third-order valence-corrected chi connectivity index (χ3v) is 7.57. The molecule has 0 spiro atoms. The van der Waals surface area contributed by atoms with Crippen LogP contribution >= 0.6 is 0 Å². The number of rotatable bonds is 7. The fourth-order valence-electron chi connectivity index (χ4n) is 5.27. The first-order valence-electron chi connectivity index (χ1n) is 12.9. The number of hydrogen-bond donors (Lipinski definition) is 1. The predicted molar refractivity (Wildman–Crippen MR) is 141 cm³/mol. The molecule has 2 aromatic carbocycles. The lowest BCUT2D eigenvalue weighted by atomic mass is 9.94. The summed E-state index contributed by atoms with van der Waals surface area (Å²) in [5.74, 6) is -0.888. The van der Waals surface area contributed by atoms with Crippen molar-refractivity contribution in [2.75, 3.05) is 19.6 Å². The molecule has 1 N–H and O–H groups in total. The first-order chi connectivity index (χ1) is 17.8. The first-order valence-corrected chi connectivity index (χ1v) is 12.9. The van der Waals surface area contributed by atoms with Gasteiger partial charge in [-0.1, -0.05) is 54.6 Å². The number of hydrogen-bond acceptors (Lipinski definition) is 4. The molecule has 4 atom stereocenters. The van der Waals surface area contributed by atoms with Crippen LogP contribution in [0.1, 0.15) is 61.9 Å². The van der Waals surface area contributed by atoms with Crippen molar-refractivity contribution in [3.63, 3.8) is 0 Å². The molecule has 4 rings (SSSR count). The van der Waals surface area contributed by atoms with Gasteiger partial charge in [0.25, 0.3) is 0 Å². The fraction of sp³-hybridized carbons (Fsp3) is 0.448. The van der Waals surface area contributed by atoms with Crippen molar-refractivity contribution in [2.45, 2.75) is 57.4 Å².